The summed E-state index contributed by atoms with van der Waals surface area (Å²) in [6, 6.07) is 29.1. The Labute approximate surface area is 181 Å². The van der Waals surface area contributed by atoms with Gasteiger partial charge in [-0.3, -0.25) is 4.68 Å². The summed E-state index contributed by atoms with van der Waals surface area (Å²) in [5.41, 5.74) is 3.80. The Morgan fingerprint density at radius 2 is 1.48 bits per heavy atom. The Morgan fingerprint density at radius 3 is 2.14 bits per heavy atom. The lowest BCUT2D eigenvalue weighted by molar-refractivity contribution is 0.460. The molecule has 0 saturated carbocycles. The molecule has 1 heterocycles. The normalized spacial score (nSPS) is 13.2. The van der Waals surface area contributed by atoms with Crippen LogP contribution in [0.4, 0.5) is 0 Å². The first-order chi connectivity index (χ1) is 14.3. The fourth-order valence-corrected chi connectivity index (χ4v) is 4.36. The lowest BCUT2D eigenvalue weighted by Gasteiger charge is -2.37. The minimum Gasteiger partial charge on any atom is -0.253 e. The van der Waals surface area contributed by atoms with Gasteiger partial charge in [-0.05, 0) is 41.7 Å². The molecule has 0 radical (unpaired) electrons. The Hall–Kier alpha value is -2.55. The van der Waals surface area contributed by atoms with E-state index in [0.29, 0.717) is 10.9 Å². The molecule has 146 valence electrons. The molecule has 4 rings (SSSR count). The molecule has 0 fully saturated rings. The van der Waals surface area contributed by atoms with Gasteiger partial charge in [0.15, 0.2) is 0 Å². The van der Waals surface area contributed by atoms with Crippen molar-refractivity contribution >= 4 is 23.2 Å². The van der Waals surface area contributed by atoms with E-state index >= 15 is 0 Å². The second kappa shape index (κ2) is 8.86. The highest BCUT2D eigenvalue weighted by Gasteiger charge is 2.40. The molecule has 4 aromatic rings. The van der Waals surface area contributed by atoms with Crippen molar-refractivity contribution in [1.29, 1.82) is 0 Å². The zero-order chi connectivity index (χ0) is 20.1. The van der Waals surface area contributed by atoms with Gasteiger partial charge in [0.25, 0.3) is 0 Å². The number of benzene rings is 3. The maximum Gasteiger partial charge on any atom is 0.139 e. The Kier molecular flexibility index (Phi) is 6.03. The third kappa shape index (κ3) is 3.71. The molecule has 4 heteroatoms. The fourth-order valence-electron chi connectivity index (χ4n) is 3.95. The van der Waals surface area contributed by atoms with Crippen LogP contribution in [0.2, 0.25) is 5.02 Å². The highest BCUT2D eigenvalue weighted by atomic mass is 35.5. The maximum absolute atomic E-state index is 6.77. The number of hydrogen-bond acceptors (Lipinski definition) is 1. The number of alkyl halides is 1. The largest absolute Gasteiger partial charge is 0.253 e. The average Bonchev–Trinajstić information content (AvgIpc) is 3.31. The van der Waals surface area contributed by atoms with E-state index in [2.05, 4.69) is 59.7 Å². The average molecular weight is 421 g/mol. The number of rotatable bonds is 7. The third-order valence-corrected chi connectivity index (χ3v) is 5.87. The number of aryl methyl sites for hydroxylation is 1. The van der Waals surface area contributed by atoms with Crippen molar-refractivity contribution in [2.75, 3.05) is 5.88 Å². The molecule has 0 aliphatic rings. The summed E-state index contributed by atoms with van der Waals surface area (Å²) in [6.45, 7) is 0. The second-order valence-corrected chi connectivity index (χ2v) is 7.78. The standard InChI is InChI=1S/C25H22Cl2N2/c26-17-6-8-20-13-15-22(16-14-20)25(29-19-7-18-28-29,21-9-2-1-3-10-21)23-11-4-5-12-24(23)27/h1-5,7,9-16,18-19H,6,8,17H2. The quantitative estimate of drug-likeness (QED) is 0.244. The number of hydrogen-bond donors (Lipinski definition) is 0. The predicted octanol–water partition coefficient (Wildman–Crippen LogP) is 6.55. The molecular weight excluding hydrogens is 399 g/mol. The van der Waals surface area contributed by atoms with Crippen molar-refractivity contribution in [3.8, 4) is 0 Å². The summed E-state index contributed by atoms with van der Waals surface area (Å²) >= 11 is 12.6. The predicted molar refractivity (Wildman–Crippen MR) is 121 cm³/mol. The minimum atomic E-state index is -0.673. The molecule has 2 nitrogen and oxygen atoms in total. The van der Waals surface area contributed by atoms with Gasteiger partial charge in [0.2, 0.25) is 0 Å². The monoisotopic (exact) mass is 420 g/mol. The van der Waals surface area contributed by atoms with Gasteiger partial charge in [0.05, 0.1) is 0 Å². The van der Waals surface area contributed by atoms with E-state index < -0.39 is 5.54 Å². The zero-order valence-corrected chi connectivity index (χ0v) is 17.5. The summed E-state index contributed by atoms with van der Waals surface area (Å²) in [4.78, 5) is 0. The van der Waals surface area contributed by atoms with Gasteiger partial charge < -0.3 is 0 Å². The van der Waals surface area contributed by atoms with Crippen molar-refractivity contribution in [2.45, 2.75) is 18.4 Å². The van der Waals surface area contributed by atoms with Crippen LogP contribution >= 0.6 is 23.2 Å². The van der Waals surface area contributed by atoms with Gasteiger partial charge in [-0.15, -0.1) is 11.6 Å². The Balaban J connectivity index is 2.00. The highest BCUT2D eigenvalue weighted by Crippen LogP contribution is 2.43. The molecule has 0 bridgehead atoms. The third-order valence-electron chi connectivity index (χ3n) is 5.27. The summed E-state index contributed by atoms with van der Waals surface area (Å²) in [7, 11) is 0. The summed E-state index contributed by atoms with van der Waals surface area (Å²) in [5, 5.41) is 5.38. The van der Waals surface area contributed by atoms with Crippen molar-refractivity contribution in [3.05, 3.63) is 125 Å². The molecule has 3 aromatic carbocycles. The van der Waals surface area contributed by atoms with Gasteiger partial charge >= 0.3 is 0 Å². The molecule has 0 amide bonds. The van der Waals surface area contributed by atoms with Crippen LogP contribution in [-0.2, 0) is 12.0 Å². The van der Waals surface area contributed by atoms with E-state index in [1.807, 2.05) is 47.4 Å². The van der Waals surface area contributed by atoms with Crippen LogP contribution < -0.4 is 0 Å². The van der Waals surface area contributed by atoms with Gasteiger partial charge in [0, 0.05) is 28.9 Å². The Morgan fingerprint density at radius 1 is 0.793 bits per heavy atom. The molecule has 29 heavy (non-hydrogen) atoms. The number of halogens is 2. The maximum atomic E-state index is 6.77. The van der Waals surface area contributed by atoms with E-state index in [4.69, 9.17) is 23.2 Å². The van der Waals surface area contributed by atoms with E-state index in [9.17, 15) is 0 Å². The highest BCUT2D eigenvalue weighted by molar-refractivity contribution is 6.31. The van der Waals surface area contributed by atoms with Crippen molar-refractivity contribution in [2.24, 2.45) is 0 Å². The minimum absolute atomic E-state index is 0.669. The van der Waals surface area contributed by atoms with Crippen molar-refractivity contribution in [1.82, 2.24) is 9.78 Å². The molecule has 1 unspecified atom stereocenters. The molecule has 0 aliphatic carbocycles. The summed E-state index contributed by atoms with van der Waals surface area (Å²) in [6.07, 6.45) is 5.74. The lowest BCUT2D eigenvalue weighted by Crippen LogP contribution is -2.38. The van der Waals surface area contributed by atoms with E-state index in [-0.39, 0.29) is 0 Å². The van der Waals surface area contributed by atoms with Crippen LogP contribution in [0.15, 0.2) is 97.3 Å². The topological polar surface area (TPSA) is 17.8 Å². The van der Waals surface area contributed by atoms with Gasteiger partial charge in [-0.1, -0.05) is 84.4 Å². The number of aromatic nitrogens is 2. The van der Waals surface area contributed by atoms with E-state index in [0.717, 1.165) is 29.5 Å². The zero-order valence-electron chi connectivity index (χ0n) is 16.0. The van der Waals surface area contributed by atoms with Crippen LogP contribution in [0.3, 0.4) is 0 Å². The van der Waals surface area contributed by atoms with Crippen LogP contribution in [0.5, 0.6) is 0 Å². The Bertz CT molecular complexity index is 1040. The van der Waals surface area contributed by atoms with Gasteiger partial charge in [0.1, 0.15) is 5.54 Å². The van der Waals surface area contributed by atoms with E-state index in [1.165, 1.54) is 5.56 Å². The smallest absolute Gasteiger partial charge is 0.139 e. The second-order valence-electron chi connectivity index (χ2n) is 7.00. The van der Waals surface area contributed by atoms with Crippen molar-refractivity contribution < 1.29 is 0 Å². The van der Waals surface area contributed by atoms with Gasteiger partial charge in [-0.25, -0.2) is 0 Å². The first kappa shape index (κ1) is 19.8. The molecule has 0 aliphatic heterocycles. The SMILES string of the molecule is ClCCCc1ccc(C(c2ccccc2)(c2ccccc2Cl)n2cccn2)cc1. The molecular formula is C25H22Cl2N2. The molecule has 0 N–H and O–H groups in total. The van der Waals surface area contributed by atoms with Crippen molar-refractivity contribution in [3.63, 3.8) is 0 Å². The molecule has 1 aromatic heterocycles. The van der Waals surface area contributed by atoms with Crippen LogP contribution in [0.1, 0.15) is 28.7 Å². The van der Waals surface area contributed by atoms with Crippen LogP contribution in [-0.4, -0.2) is 15.7 Å². The summed E-state index contributed by atoms with van der Waals surface area (Å²) < 4.78 is 2.00. The molecule has 1 atom stereocenters. The summed E-state index contributed by atoms with van der Waals surface area (Å²) in [5.74, 6) is 0.669. The molecule has 0 saturated heterocycles. The number of nitrogens with zero attached hydrogens (tertiary/aromatic N) is 2. The lowest BCUT2D eigenvalue weighted by atomic mass is 9.76. The van der Waals surface area contributed by atoms with Gasteiger partial charge in [-0.2, -0.15) is 5.10 Å². The van der Waals surface area contributed by atoms with Crippen LogP contribution in [0, 0.1) is 0 Å². The first-order valence-corrected chi connectivity index (χ1v) is 10.6. The van der Waals surface area contributed by atoms with Crippen LogP contribution in [0.25, 0.3) is 0 Å². The fraction of sp³-hybridized carbons (Fsp3) is 0.160. The van der Waals surface area contributed by atoms with E-state index in [1.54, 1.807) is 0 Å². The first-order valence-electron chi connectivity index (χ1n) is 9.73. The molecule has 0 spiro atoms.